The molecular formula is C11H15N2O9P. The number of methoxy groups -OCH3 is 2. The molecule has 0 fully saturated rings. The first-order valence-corrected chi connectivity index (χ1v) is 7.82. The number of hydrogen-bond acceptors (Lipinski definition) is 7. The topological polar surface area (TPSA) is 157 Å². The van der Waals surface area contributed by atoms with Gasteiger partial charge in [-0.2, -0.15) is 0 Å². The van der Waals surface area contributed by atoms with Crippen molar-refractivity contribution in [2.45, 2.75) is 6.61 Å². The molecule has 1 amide bonds. The molecule has 0 saturated heterocycles. The van der Waals surface area contributed by atoms with Crippen LogP contribution in [-0.4, -0.2) is 41.3 Å². The van der Waals surface area contributed by atoms with Gasteiger partial charge in [-0.3, -0.25) is 14.7 Å². The normalized spacial score (nSPS) is 10.8. The van der Waals surface area contributed by atoms with Crippen molar-refractivity contribution < 1.29 is 38.3 Å². The van der Waals surface area contributed by atoms with Crippen molar-refractivity contribution >= 4 is 19.4 Å². The molecule has 128 valence electrons. The number of carbonyl (C=O) groups is 1. The third-order valence-electron chi connectivity index (χ3n) is 2.57. The number of ether oxygens (including phenoxy) is 3. The van der Waals surface area contributed by atoms with Gasteiger partial charge in [-0.1, -0.05) is 0 Å². The standard InChI is InChI=1S/C11H15N2O9P/c1-20-8-4-3-7(9(13(15)16)10(8)21-2)5-22-11(14)12-6-23(17,18)19/h3-4H,5-6H2,1-2H3,(H,12,14)(H2,17,18,19). The number of benzene rings is 1. The molecule has 1 aromatic carbocycles. The van der Waals surface area contributed by atoms with Crippen LogP contribution in [0.25, 0.3) is 0 Å². The highest BCUT2D eigenvalue weighted by atomic mass is 31.2. The van der Waals surface area contributed by atoms with Gasteiger partial charge in [0.1, 0.15) is 12.9 Å². The lowest BCUT2D eigenvalue weighted by Gasteiger charge is -2.12. The monoisotopic (exact) mass is 350 g/mol. The summed E-state index contributed by atoms with van der Waals surface area (Å²) in [6.45, 7) is -0.496. The Hall–Kier alpha value is -2.36. The fraction of sp³-hybridized carbons (Fsp3) is 0.364. The predicted octanol–water partition coefficient (Wildman–Crippen LogP) is 0.973. The maximum atomic E-state index is 11.3. The van der Waals surface area contributed by atoms with E-state index in [0.29, 0.717) is 0 Å². The van der Waals surface area contributed by atoms with Gasteiger partial charge >= 0.3 is 19.4 Å². The number of nitrogens with zero attached hydrogens (tertiary/aromatic N) is 1. The summed E-state index contributed by atoms with van der Waals surface area (Å²) in [5.41, 5.74) is -0.409. The Labute approximate surface area is 130 Å². The van der Waals surface area contributed by atoms with Crippen LogP contribution in [0.3, 0.4) is 0 Å². The molecular weight excluding hydrogens is 335 g/mol. The van der Waals surface area contributed by atoms with Crippen LogP contribution in [0, 0.1) is 10.1 Å². The van der Waals surface area contributed by atoms with E-state index < -0.39 is 37.2 Å². The summed E-state index contributed by atoms with van der Waals surface area (Å²) in [4.78, 5) is 39.0. The molecule has 0 bridgehead atoms. The first-order chi connectivity index (χ1) is 10.7. The maximum Gasteiger partial charge on any atom is 0.408 e. The summed E-state index contributed by atoms with van der Waals surface area (Å²) in [6, 6.07) is 2.72. The highest BCUT2D eigenvalue weighted by Gasteiger charge is 2.26. The molecule has 12 heteroatoms. The van der Waals surface area contributed by atoms with Gasteiger partial charge in [0.15, 0.2) is 5.75 Å². The van der Waals surface area contributed by atoms with Gasteiger partial charge in [-0.25, -0.2) is 4.79 Å². The van der Waals surface area contributed by atoms with Gasteiger partial charge in [0.2, 0.25) is 5.75 Å². The van der Waals surface area contributed by atoms with Crippen LogP contribution >= 0.6 is 7.60 Å². The second kappa shape index (κ2) is 7.77. The summed E-state index contributed by atoms with van der Waals surface area (Å²) >= 11 is 0. The predicted molar refractivity (Wildman–Crippen MR) is 76.4 cm³/mol. The Morgan fingerprint density at radius 1 is 1.35 bits per heavy atom. The molecule has 0 saturated carbocycles. The zero-order valence-corrected chi connectivity index (χ0v) is 13.1. The first kappa shape index (κ1) is 18.7. The van der Waals surface area contributed by atoms with Gasteiger partial charge in [-0.05, 0) is 12.1 Å². The summed E-state index contributed by atoms with van der Waals surface area (Å²) in [5.74, 6) is 0.00290. The fourth-order valence-electron chi connectivity index (χ4n) is 1.63. The number of nitrogens with one attached hydrogen (secondary N) is 1. The zero-order chi connectivity index (χ0) is 17.6. The van der Waals surface area contributed by atoms with E-state index in [-0.39, 0.29) is 17.1 Å². The molecule has 11 nitrogen and oxygen atoms in total. The number of alkyl carbamates (subject to hydrolysis) is 1. The van der Waals surface area contributed by atoms with Crippen LogP contribution < -0.4 is 14.8 Å². The quantitative estimate of drug-likeness (QED) is 0.370. The molecule has 0 spiro atoms. The van der Waals surface area contributed by atoms with Crippen molar-refractivity contribution in [3.05, 3.63) is 27.8 Å². The smallest absolute Gasteiger partial charge is 0.408 e. The van der Waals surface area contributed by atoms with Gasteiger partial charge < -0.3 is 29.3 Å². The molecule has 0 unspecified atom stereocenters. The Kier molecular flexibility index (Phi) is 6.31. The first-order valence-electron chi connectivity index (χ1n) is 6.03. The van der Waals surface area contributed by atoms with E-state index in [1.807, 2.05) is 5.32 Å². The summed E-state index contributed by atoms with van der Waals surface area (Å²) in [6.07, 6.45) is -2.03. The second-order valence-corrected chi connectivity index (χ2v) is 5.79. The lowest BCUT2D eigenvalue weighted by atomic mass is 10.1. The van der Waals surface area contributed by atoms with E-state index in [2.05, 4.69) is 0 Å². The van der Waals surface area contributed by atoms with E-state index in [9.17, 15) is 19.5 Å². The highest BCUT2D eigenvalue weighted by molar-refractivity contribution is 7.51. The van der Waals surface area contributed by atoms with Crippen molar-refractivity contribution in [1.29, 1.82) is 0 Å². The Balaban J connectivity index is 2.90. The largest absolute Gasteiger partial charge is 0.493 e. The minimum Gasteiger partial charge on any atom is -0.493 e. The number of amides is 1. The number of nitro groups is 1. The van der Waals surface area contributed by atoms with Crippen LogP contribution in [0.15, 0.2) is 12.1 Å². The van der Waals surface area contributed by atoms with Gasteiger partial charge in [0.25, 0.3) is 0 Å². The minimum absolute atomic E-state index is 0.0268. The van der Waals surface area contributed by atoms with Crippen molar-refractivity contribution in [2.24, 2.45) is 0 Å². The lowest BCUT2D eigenvalue weighted by molar-refractivity contribution is -0.386. The van der Waals surface area contributed by atoms with Gasteiger partial charge in [0, 0.05) is 0 Å². The Morgan fingerprint density at radius 2 is 2.00 bits per heavy atom. The molecule has 0 aliphatic rings. The fourth-order valence-corrected chi connectivity index (χ4v) is 1.97. The van der Waals surface area contributed by atoms with Crippen LogP contribution in [0.2, 0.25) is 0 Å². The van der Waals surface area contributed by atoms with E-state index in [4.69, 9.17) is 24.0 Å². The van der Waals surface area contributed by atoms with E-state index >= 15 is 0 Å². The minimum atomic E-state index is -4.42. The molecule has 0 heterocycles. The van der Waals surface area contributed by atoms with Gasteiger partial charge in [0.05, 0.1) is 24.7 Å². The number of carbonyl (C=O) groups excluding carboxylic acids is 1. The number of hydrogen-bond donors (Lipinski definition) is 3. The van der Waals surface area contributed by atoms with Crippen LogP contribution in [-0.2, 0) is 15.9 Å². The average Bonchev–Trinajstić information content (AvgIpc) is 2.48. The van der Waals surface area contributed by atoms with Crippen molar-refractivity contribution in [3.63, 3.8) is 0 Å². The molecule has 0 aromatic heterocycles. The zero-order valence-electron chi connectivity index (χ0n) is 12.2. The molecule has 1 aromatic rings. The molecule has 23 heavy (non-hydrogen) atoms. The van der Waals surface area contributed by atoms with Crippen LogP contribution in [0.1, 0.15) is 5.56 Å². The number of rotatable bonds is 7. The Morgan fingerprint density at radius 3 is 2.48 bits per heavy atom. The van der Waals surface area contributed by atoms with Crippen molar-refractivity contribution in [3.8, 4) is 11.5 Å². The Bertz CT molecular complexity index is 643. The summed E-state index contributed by atoms with van der Waals surface area (Å²) in [5, 5.41) is 13.0. The third-order valence-corrected chi connectivity index (χ3v) is 3.14. The maximum absolute atomic E-state index is 11.3. The highest BCUT2D eigenvalue weighted by Crippen LogP contribution is 2.39. The molecule has 0 atom stereocenters. The molecule has 0 aliphatic heterocycles. The van der Waals surface area contributed by atoms with Crippen molar-refractivity contribution in [2.75, 3.05) is 20.5 Å². The SMILES string of the molecule is COc1ccc(COC(=O)NCP(=O)(O)O)c([N+](=O)[O-])c1OC. The molecule has 1 rings (SSSR count). The van der Waals surface area contributed by atoms with E-state index in [1.165, 1.54) is 26.4 Å². The average molecular weight is 350 g/mol. The number of nitro benzene ring substituents is 1. The molecule has 0 aliphatic carbocycles. The summed E-state index contributed by atoms with van der Waals surface area (Å²) in [7, 11) is -1.88. The van der Waals surface area contributed by atoms with E-state index in [0.717, 1.165) is 0 Å². The summed E-state index contributed by atoms with van der Waals surface area (Å²) < 4.78 is 25.2. The van der Waals surface area contributed by atoms with Gasteiger partial charge in [-0.15, -0.1) is 0 Å². The van der Waals surface area contributed by atoms with Crippen molar-refractivity contribution in [1.82, 2.24) is 5.32 Å². The van der Waals surface area contributed by atoms with E-state index in [1.54, 1.807) is 0 Å². The third kappa shape index (κ3) is 5.40. The molecule has 3 N–H and O–H groups in total. The van der Waals surface area contributed by atoms with Crippen LogP contribution in [0.4, 0.5) is 10.5 Å². The lowest BCUT2D eigenvalue weighted by Crippen LogP contribution is -2.25. The molecule has 0 radical (unpaired) electrons. The van der Waals surface area contributed by atoms with Crippen LogP contribution in [0.5, 0.6) is 11.5 Å². The second-order valence-electron chi connectivity index (χ2n) is 4.14.